The van der Waals surface area contributed by atoms with E-state index in [1.165, 1.54) is 21.6 Å². The highest BCUT2D eigenvalue weighted by Crippen LogP contribution is 2.17. The fourth-order valence-electron chi connectivity index (χ4n) is 2.89. The first-order chi connectivity index (χ1) is 14.6. The minimum Gasteiger partial charge on any atom is -0.460 e. The molecule has 0 saturated heterocycles. The zero-order chi connectivity index (χ0) is 20.9. The van der Waals surface area contributed by atoms with Crippen molar-refractivity contribution in [1.82, 2.24) is 24.8 Å². The minimum absolute atomic E-state index is 0.0465. The van der Waals surface area contributed by atoms with Crippen LogP contribution in [0.15, 0.2) is 64.1 Å². The van der Waals surface area contributed by atoms with Gasteiger partial charge in [-0.05, 0) is 34.7 Å². The number of esters is 1. The second-order valence-corrected chi connectivity index (χ2v) is 6.22. The Morgan fingerprint density at radius 2 is 1.90 bits per heavy atom. The third-order valence-corrected chi connectivity index (χ3v) is 4.24. The van der Waals surface area contributed by atoms with E-state index in [9.17, 15) is 14.4 Å². The molecule has 0 bridgehead atoms. The first-order valence-electron chi connectivity index (χ1n) is 8.97. The maximum absolute atomic E-state index is 12.5. The highest BCUT2D eigenvalue weighted by molar-refractivity contribution is 6.01. The topological polar surface area (TPSA) is 134 Å². The van der Waals surface area contributed by atoms with Gasteiger partial charge in [-0.1, -0.05) is 24.3 Å². The van der Waals surface area contributed by atoms with Gasteiger partial charge in [-0.3, -0.25) is 9.36 Å². The van der Waals surface area contributed by atoms with E-state index in [0.717, 1.165) is 0 Å². The number of nitrogens with zero attached hydrogens (tertiary/aromatic N) is 5. The van der Waals surface area contributed by atoms with Crippen molar-refractivity contribution in [2.45, 2.75) is 13.1 Å². The number of amides is 1. The SMILES string of the molecule is O=C(Cn1cnnn1)Nc1ccccc1C(=O)OCCn1c(=O)oc2ccccc21. The minimum atomic E-state index is -0.630. The Morgan fingerprint density at radius 3 is 2.73 bits per heavy atom. The number of hydrogen-bond acceptors (Lipinski definition) is 8. The van der Waals surface area contributed by atoms with Crippen LogP contribution in [-0.2, 0) is 22.6 Å². The Labute approximate surface area is 168 Å². The van der Waals surface area contributed by atoms with E-state index >= 15 is 0 Å². The number of oxazole rings is 1. The van der Waals surface area contributed by atoms with Gasteiger partial charge in [-0.15, -0.1) is 5.10 Å². The van der Waals surface area contributed by atoms with Gasteiger partial charge in [-0.25, -0.2) is 14.3 Å². The number of carbonyl (C=O) groups excluding carboxylic acids is 2. The van der Waals surface area contributed by atoms with E-state index in [1.807, 2.05) is 0 Å². The molecule has 1 N–H and O–H groups in total. The van der Waals surface area contributed by atoms with Gasteiger partial charge in [0.05, 0.1) is 23.3 Å². The van der Waals surface area contributed by atoms with Crippen molar-refractivity contribution < 1.29 is 18.7 Å². The summed E-state index contributed by atoms with van der Waals surface area (Å²) >= 11 is 0. The number of carbonyl (C=O) groups is 2. The van der Waals surface area contributed by atoms with E-state index in [0.29, 0.717) is 16.8 Å². The van der Waals surface area contributed by atoms with Crippen LogP contribution in [0.25, 0.3) is 11.1 Å². The molecule has 11 heteroatoms. The molecule has 0 aliphatic heterocycles. The predicted octanol–water partition coefficient (Wildman–Crippen LogP) is 1.08. The van der Waals surface area contributed by atoms with E-state index in [2.05, 4.69) is 20.8 Å². The standard InChI is InChI=1S/C19H16N6O5/c26-17(11-24-12-20-22-23-24)21-14-6-2-1-5-13(14)18(27)29-10-9-25-15-7-3-4-8-16(15)30-19(25)28/h1-8,12H,9-11H2,(H,21,26). The number of hydrogen-bond donors (Lipinski definition) is 1. The summed E-state index contributed by atoms with van der Waals surface area (Å²) in [7, 11) is 0. The third-order valence-electron chi connectivity index (χ3n) is 4.24. The molecule has 152 valence electrons. The average Bonchev–Trinajstić information content (AvgIpc) is 3.35. The number of rotatable bonds is 7. The number of nitrogens with one attached hydrogen (secondary N) is 1. The number of benzene rings is 2. The van der Waals surface area contributed by atoms with Crippen molar-refractivity contribution in [3.8, 4) is 0 Å². The van der Waals surface area contributed by atoms with Gasteiger partial charge in [0.15, 0.2) is 5.58 Å². The summed E-state index contributed by atoms with van der Waals surface area (Å²) in [5.41, 5.74) is 1.57. The predicted molar refractivity (Wildman–Crippen MR) is 104 cm³/mol. The number of anilines is 1. The summed E-state index contributed by atoms with van der Waals surface area (Å²) in [6.45, 7) is -0.0164. The lowest BCUT2D eigenvalue weighted by molar-refractivity contribution is -0.116. The smallest absolute Gasteiger partial charge is 0.420 e. The fraction of sp³-hybridized carbons (Fsp3) is 0.158. The number of para-hydroxylation sites is 3. The molecular weight excluding hydrogens is 392 g/mol. The van der Waals surface area contributed by atoms with Crippen molar-refractivity contribution in [1.29, 1.82) is 0 Å². The van der Waals surface area contributed by atoms with E-state index in [4.69, 9.17) is 9.15 Å². The van der Waals surface area contributed by atoms with Crippen LogP contribution < -0.4 is 11.1 Å². The molecule has 0 radical (unpaired) electrons. The highest BCUT2D eigenvalue weighted by Gasteiger charge is 2.16. The summed E-state index contributed by atoms with van der Waals surface area (Å²) in [4.78, 5) is 36.7. The fourth-order valence-corrected chi connectivity index (χ4v) is 2.89. The van der Waals surface area contributed by atoms with Crippen LogP contribution in [-0.4, -0.2) is 43.3 Å². The maximum atomic E-state index is 12.5. The molecule has 2 heterocycles. The summed E-state index contributed by atoms with van der Waals surface area (Å²) in [5, 5.41) is 13.2. The summed E-state index contributed by atoms with van der Waals surface area (Å²) in [6.07, 6.45) is 1.31. The molecule has 2 aromatic carbocycles. The van der Waals surface area contributed by atoms with Gasteiger partial charge >= 0.3 is 11.7 Å². The van der Waals surface area contributed by atoms with Crippen molar-refractivity contribution >= 4 is 28.7 Å². The molecule has 0 atom stereocenters. The summed E-state index contributed by atoms with van der Waals surface area (Å²) in [6, 6.07) is 13.4. The van der Waals surface area contributed by atoms with Crippen molar-refractivity contribution in [3.63, 3.8) is 0 Å². The molecular formula is C19H16N6O5. The molecule has 4 rings (SSSR count). The first-order valence-corrected chi connectivity index (χ1v) is 8.97. The summed E-state index contributed by atoms with van der Waals surface area (Å²) < 4.78 is 13.1. The quantitative estimate of drug-likeness (QED) is 0.449. The maximum Gasteiger partial charge on any atom is 0.420 e. The highest BCUT2D eigenvalue weighted by atomic mass is 16.5. The Kier molecular flexibility index (Phi) is 5.33. The van der Waals surface area contributed by atoms with Crippen molar-refractivity contribution in [3.05, 3.63) is 71.0 Å². The summed E-state index contributed by atoms with van der Waals surface area (Å²) in [5.74, 6) is -1.56. The lowest BCUT2D eigenvalue weighted by atomic mass is 10.2. The monoisotopic (exact) mass is 408 g/mol. The molecule has 0 aliphatic carbocycles. The second-order valence-electron chi connectivity index (χ2n) is 6.22. The molecule has 2 aromatic heterocycles. The van der Waals surface area contributed by atoms with Crippen LogP contribution in [0.4, 0.5) is 5.69 Å². The zero-order valence-corrected chi connectivity index (χ0v) is 15.6. The number of ether oxygens (including phenoxy) is 1. The van der Waals surface area contributed by atoms with Crippen molar-refractivity contribution in [2.75, 3.05) is 11.9 Å². The normalized spacial score (nSPS) is 10.8. The average molecular weight is 408 g/mol. The first kappa shape index (κ1) is 19.1. The van der Waals surface area contributed by atoms with E-state index < -0.39 is 17.6 Å². The van der Waals surface area contributed by atoms with E-state index in [-0.39, 0.29) is 25.3 Å². The van der Waals surface area contributed by atoms with Crippen LogP contribution in [0.1, 0.15) is 10.4 Å². The Hall–Kier alpha value is -4.28. The van der Waals surface area contributed by atoms with Gasteiger partial charge in [-0.2, -0.15) is 0 Å². The molecule has 0 aliphatic rings. The Morgan fingerprint density at radius 1 is 1.10 bits per heavy atom. The molecule has 0 spiro atoms. The lowest BCUT2D eigenvalue weighted by Gasteiger charge is -2.11. The van der Waals surface area contributed by atoms with Gasteiger partial charge in [0.25, 0.3) is 0 Å². The molecule has 4 aromatic rings. The molecule has 1 amide bonds. The van der Waals surface area contributed by atoms with Gasteiger partial charge < -0.3 is 14.5 Å². The molecule has 0 unspecified atom stereocenters. The van der Waals surface area contributed by atoms with Gasteiger partial charge in [0, 0.05) is 0 Å². The van der Waals surface area contributed by atoms with Crippen LogP contribution in [0.5, 0.6) is 0 Å². The lowest BCUT2D eigenvalue weighted by Crippen LogP contribution is -2.22. The van der Waals surface area contributed by atoms with Crippen molar-refractivity contribution in [2.24, 2.45) is 0 Å². The largest absolute Gasteiger partial charge is 0.460 e. The van der Waals surface area contributed by atoms with Crippen LogP contribution in [0, 0.1) is 0 Å². The second kappa shape index (κ2) is 8.39. The molecule has 30 heavy (non-hydrogen) atoms. The Bertz CT molecular complexity index is 1240. The zero-order valence-electron chi connectivity index (χ0n) is 15.6. The van der Waals surface area contributed by atoms with Gasteiger partial charge in [0.2, 0.25) is 5.91 Å². The third kappa shape index (κ3) is 4.09. The number of aromatic nitrogens is 5. The number of fused-ring (bicyclic) bond motifs is 1. The van der Waals surface area contributed by atoms with Crippen LogP contribution in [0.3, 0.4) is 0 Å². The van der Waals surface area contributed by atoms with Gasteiger partial charge in [0.1, 0.15) is 19.5 Å². The van der Waals surface area contributed by atoms with Crippen LogP contribution in [0.2, 0.25) is 0 Å². The van der Waals surface area contributed by atoms with E-state index in [1.54, 1.807) is 42.5 Å². The van der Waals surface area contributed by atoms with Crippen LogP contribution >= 0.6 is 0 Å². The molecule has 0 saturated carbocycles. The molecule has 0 fully saturated rings. The Balaban J connectivity index is 1.40. The molecule has 11 nitrogen and oxygen atoms in total. The number of tetrazole rings is 1.